The van der Waals surface area contributed by atoms with E-state index >= 15 is 0 Å². The summed E-state index contributed by atoms with van der Waals surface area (Å²) >= 11 is 0. The van der Waals surface area contributed by atoms with Gasteiger partial charge in [0.05, 0.1) is 34.3 Å². The second-order valence-corrected chi connectivity index (χ2v) is 4.33. The summed E-state index contributed by atoms with van der Waals surface area (Å²) < 4.78 is 6.50. The van der Waals surface area contributed by atoms with Gasteiger partial charge in [-0.3, -0.25) is 0 Å². The van der Waals surface area contributed by atoms with Crippen LogP contribution in [-0.2, 0) is 4.74 Å². The molecular formula is C10H24NO+. The molecule has 0 fully saturated rings. The van der Waals surface area contributed by atoms with Gasteiger partial charge in [0, 0.05) is 13.0 Å². The highest BCUT2D eigenvalue weighted by molar-refractivity contribution is 4.36. The van der Waals surface area contributed by atoms with E-state index < -0.39 is 0 Å². The van der Waals surface area contributed by atoms with Crippen molar-refractivity contribution in [2.75, 3.05) is 40.9 Å². The quantitative estimate of drug-likeness (QED) is 0.423. The summed E-state index contributed by atoms with van der Waals surface area (Å²) in [6.07, 6.45) is 3.60. The summed E-state index contributed by atoms with van der Waals surface area (Å²) in [7, 11) is 6.64. The van der Waals surface area contributed by atoms with Crippen LogP contribution in [0, 0.1) is 0 Å². The van der Waals surface area contributed by atoms with E-state index in [1.165, 1.54) is 25.8 Å². The molecule has 0 aliphatic rings. The van der Waals surface area contributed by atoms with E-state index in [0.29, 0.717) is 0 Å². The fourth-order valence-corrected chi connectivity index (χ4v) is 0.989. The molecule has 0 aliphatic carbocycles. The van der Waals surface area contributed by atoms with Gasteiger partial charge in [-0.05, 0) is 6.42 Å². The van der Waals surface area contributed by atoms with Crippen LogP contribution in [0.2, 0.25) is 0 Å². The smallest absolute Gasteiger partial charge is 0.0802 e. The van der Waals surface area contributed by atoms with Crippen molar-refractivity contribution in [3.05, 3.63) is 0 Å². The highest BCUT2D eigenvalue weighted by Gasteiger charge is 2.04. The largest absolute Gasteiger partial charge is 0.381 e. The van der Waals surface area contributed by atoms with Crippen molar-refractivity contribution in [2.45, 2.75) is 26.2 Å². The van der Waals surface area contributed by atoms with Crippen LogP contribution in [0.1, 0.15) is 26.2 Å². The molecule has 0 aliphatic heterocycles. The lowest BCUT2D eigenvalue weighted by Crippen LogP contribution is -2.35. The normalized spacial score (nSPS) is 12.0. The highest BCUT2D eigenvalue weighted by Crippen LogP contribution is 1.95. The van der Waals surface area contributed by atoms with Crippen LogP contribution in [0.5, 0.6) is 0 Å². The molecule has 0 N–H and O–H groups in total. The average Bonchev–Trinajstić information content (AvgIpc) is 1.94. The number of nitrogens with zero attached hydrogens (tertiary/aromatic N) is 1. The molecule has 0 amide bonds. The predicted molar refractivity (Wildman–Crippen MR) is 53.2 cm³/mol. The lowest BCUT2D eigenvalue weighted by atomic mass is 10.3. The molecule has 0 atom stereocenters. The fourth-order valence-electron chi connectivity index (χ4n) is 0.989. The third kappa shape index (κ3) is 9.92. The van der Waals surface area contributed by atoms with E-state index in [9.17, 15) is 0 Å². The van der Waals surface area contributed by atoms with Crippen LogP contribution >= 0.6 is 0 Å². The van der Waals surface area contributed by atoms with Crippen LogP contribution in [0.25, 0.3) is 0 Å². The monoisotopic (exact) mass is 174 g/mol. The Labute approximate surface area is 77.1 Å². The SMILES string of the molecule is CCCCOCCC[N+](C)(C)C. The molecule has 2 heteroatoms. The van der Waals surface area contributed by atoms with E-state index in [2.05, 4.69) is 28.1 Å². The fraction of sp³-hybridized carbons (Fsp3) is 1.00. The van der Waals surface area contributed by atoms with Crippen molar-refractivity contribution in [3.63, 3.8) is 0 Å². The van der Waals surface area contributed by atoms with Gasteiger partial charge < -0.3 is 9.22 Å². The van der Waals surface area contributed by atoms with Crippen LogP contribution in [0.15, 0.2) is 0 Å². The van der Waals surface area contributed by atoms with Crippen molar-refractivity contribution in [3.8, 4) is 0 Å². The Balaban J connectivity index is 3.01. The first kappa shape index (κ1) is 11.9. The Morgan fingerprint density at radius 1 is 1.00 bits per heavy atom. The van der Waals surface area contributed by atoms with Gasteiger partial charge in [0.2, 0.25) is 0 Å². The molecule has 0 radical (unpaired) electrons. The molecule has 74 valence electrons. The molecule has 0 saturated carbocycles. The first-order valence-electron chi connectivity index (χ1n) is 4.94. The summed E-state index contributed by atoms with van der Waals surface area (Å²) in [5, 5.41) is 0. The van der Waals surface area contributed by atoms with Crippen LogP contribution < -0.4 is 0 Å². The van der Waals surface area contributed by atoms with Crippen molar-refractivity contribution in [2.24, 2.45) is 0 Å². The Morgan fingerprint density at radius 3 is 2.08 bits per heavy atom. The Hall–Kier alpha value is -0.0800. The van der Waals surface area contributed by atoms with Gasteiger partial charge in [0.1, 0.15) is 0 Å². The number of quaternary nitrogens is 1. The molecule has 0 bridgehead atoms. The van der Waals surface area contributed by atoms with Gasteiger partial charge in [-0.25, -0.2) is 0 Å². The molecular weight excluding hydrogens is 150 g/mol. The summed E-state index contributed by atoms with van der Waals surface area (Å²) in [5.74, 6) is 0. The summed E-state index contributed by atoms with van der Waals surface area (Å²) in [6.45, 7) is 5.25. The Bertz CT molecular complexity index is 96.5. The number of hydrogen-bond donors (Lipinski definition) is 0. The molecule has 0 heterocycles. The zero-order valence-corrected chi connectivity index (χ0v) is 9.10. The highest BCUT2D eigenvalue weighted by atomic mass is 16.5. The van der Waals surface area contributed by atoms with E-state index in [4.69, 9.17) is 4.74 Å². The maximum absolute atomic E-state index is 5.46. The van der Waals surface area contributed by atoms with E-state index in [1.54, 1.807) is 0 Å². The molecule has 0 aromatic carbocycles. The molecule has 0 aromatic heterocycles. The first-order chi connectivity index (χ1) is 5.56. The van der Waals surface area contributed by atoms with Crippen molar-refractivity contribution in [1.82, 2.24) is 0 Å². The van der Waals surface area contributed by atoms with Gasteiger partial charge >= 0.3 is 0 Å². The molecule has 0 rings (SSSR count). The van der Waals surface area contributed by atoms with Gasteiger partial charge in [-0.1, -0.05) is 13.3 Å². The lowest BCUT2D eigenvalue weighted by molar-refractivity contribution is -0.870. The minimum Gasteiger partial charge on any atom is -0.381 e. The first-order valence-corrected chi connectivity index (χ1v) is 4.94. The van der Waals surface area contributed by atoms with Crippen LogP contribution in [0.4, 0.5) is 0 Å². The predicted octanol–water partition coefficient (Wildman–Crippen LogP) is 1.90. The van der Waals surface area contributed by atoms with Crippen LogP contribution in [-0.4, -0.2) is 45.4 Å². The average molecular weight is 174 g/mol. The summed E-state index contributed by atoms with van der Waals surface area (Å²) in [4.78, 5) is 0. The minimum absolute atomic E-state index is 0.926. The van der Waals surface area contributed by atoms with Crippen molar-refractivity contribution in [1.29, 1.82) is 0 Å². The topological polar surface area (TPSA) is 9.23 Å². The number of hydrogen-bond acceptors (Lipinski definition) is 1. The molecule has 0 saturated heterocycles. The second-order valence-electron chi connectivity index (χ2n) is 4.33. The van der Waals surface area contributed by atoms with E-state index in [-0.39, 0.29) is 0 Å². The lowest BCUT2D eigenvalue weighted by Gasteiger charge is -2.23. The van der Waals surface area contributed by atoms with Gasteiger partial charge in [0.25, 0.3) is 0 Å². The summed E-state index contributed by atoms with van der Waals surface area (Å²) in [5.41, 5.74) is 0. The zero-order chi connectivity index (χ0) is 9.45. The van der Waals surface area contributed by atoms with E-state index in [1.807, 2.05) is 0 Å². The maximum Gasteiger partial charge on any atom is 0.0802 e. The molecule has 0 unspecified atom stereocenters. The molecule has 0 aromatic rings. The van der Waals surface area contributed by atoms with Gasteiger partial charge in [0.15, 0.2) is 0 Å². The van der Waals surface area contributed by atoms with Crippen LogP contribution in [0.3, 0.4) is 0 Å². The number of unbranched alkanes of at least 4 members (excludes halogenated alkanes) is 1. The molecule has 12 heavy (non-hydrogen) atoms. The maximum atomic E-state index is 5.46. The third-order valence-corrected chi connectivity index (χ3v) is 1.76. The molecule has 0 spiro atoms. The van der Waals surface area contributed by atoms with Gasteiger partial charge in [-0.2, -0.15) is 0 Å². The zero-order valence-electron chi connectivity index (χ0n) is 9.10. The third-order valence-electron chi connectivity index (χ3n) is 1.76. The number of ether oxygens (including phenoxy) is 1. The van der Waals surface area contributed by atoms with Crippen molar-refractivity contribution >= 4 is 0 Å². The Morgan fingerprint density at radius 2 is 1.58 bits per heavy atom. The molecule has 2 nitrogen and oxygen atoms in total. The van der Waals surface area contributed by atoms with Gasteiger partial charge in [-0.15, -0.1) is 0 Å². The Kier molecular flexibility index (Phi) is 6.39. The second kappa shape index (κ2) is 6.44. The minimum atomic E-state index is 0.926. The summed E-state index contributed by atoms with van der Waals surface area (Å²) in [6, 6.07) is 0. The number of rotatable bonds is 7. The van der Waals surface area contributed by atoms with Crippen molar-refractivity contribution < 1.29 is 9.22 Å². The standard InChI is InChI=1S/C10H24NO/c1-5-6-9-12-10-7-8-11(2,3)4/h5-10H2,1-4H3/q+1. The van der Waals surface area contributed by atoms with E-state index in [0.717, 1.165) is 17.7 Å².